The standard InChI is InChI=1S/C17H23N3O/c1-16(2)14(17(16,3)4)15(21)18-10-9-13-19-11-7-5-6-8-12(11)20-13/h5-8,14H,9-10H2,1-4H3,(H,18,21)(H,19,20). The van der Waals surface area contributed by atoms with E-state index in [4.69, 9.17) is 0 Å². The van der Waals surface area contributed by atoms with Crippen LogP contribution in [0.5, 0.6) is 0 Å². The van der Waals surface area contributed by atoms with Crippen molar-refractivity contribution in [2.24, 2.45) is 16.7 Å². The minimum absolute atomic E-state index is 0.0937. The summed E-state index contributed by atoms with van der Waals surface area (Å²) < 4.78 is 0. The molecular weight excluding hydrogens is 262 g/mol. The van der Waals surface area contributed by atoms with Crippen LogP contribution in [0.15, 0.2) is 24.3 Å². The van der Waals surface area contributed by atoms with Crippen LogP contribution in [-0.4, -0.2) is 22.4 Å². The van der Waals surface area contributed by atoms with Gasteiger partial charge in [-0.25, -0.2) is 4.98 Å². The highest BCUT2D eigenvalue weighted by Crippen LogP contribution is 2.68. The van der Waals surface area contributed by atoms with Crippen molar-refractivity contribution in [1.82, 2.24) is 15.3 Å². The molecule has 4 nitrogen and oxygen atoms in total. The maximum absolute atomic E-state index is 12.3. The molecular formula is C17H23N3O. The first kappa shape index (κ1) is 14.1. The Balaban J connectivity index is 1.56. The summed E-state index contributed by atoms with van der Waals surface area (Å²) in [6, 6.07) is 7.97. The molecule has 4 heteroatoms. The molecule has 0 aliphatic heterocycles. The molecule has 0 bridgehead atoms. The van der Waals surface area contributed by atoms with Crippen LogP contribution in [0.3, 0.4) is 0 Å². The molecule has 1 saturated carbocycles. The highest BCUT2D eigenvalue weighted by atomic mass is 16.2. The summed E-state index contributed by atoms with van der Waals surface area (Å²) in [7, 11) is 0. The van der Waals surface area contributed by atoms with E-state index < -0.39 is 0 Å². The third kappa shape index (κ3) is 2.23. The zero-order valence-electron chi connectivity index (χ0n) is 13.2. The van der Waals surface area contributed by atoms with Crippen LogP contribution in [0.4, 0.5) is 0 Å². The quantitative estimate of drug-likeness (QED) is 0.907. The van der Waals surface area contributed by atoms with E-state index >= 15 is 0 Å². The van der Waals surface area contributed by atoms with Crippen molar-refractivity contribution in [1.29, 1.82) is 0 Å². The van der Waals surface area contributed by atoms with Crippen molar-refractivity contribution in [3.05, 3.63) is 30.1 Å². The van der Waals surface area contributed by atoms with E-state index in [9.17, 15) is 4.79 Å². The van der Waals surface area contributed by atoms with Gasteiger partial charge in [0.2, 0.25) is 5.91 Å². The second-order valence-electron chi connectivity index (χ2n) is 7.12. The van der Waals surface area contributed by atoms with Gasteiger partial charge in [-0.05, 0) is 23.0 Å². The Bertz CT molecular complexity index is 637. The van der Waals surface area contributed by atoms with Gasteiger partial charge in [-0.15, -0.1) is 0 Å². The number of amides is 1. The predicted molar refractivity (Wildman–Crippen MR) is 83.9 cm³/mol. The molecule has 2 N–H and O–H groups in total. The lowest BCUT2D eigenvalue weighted by atomic mass is 10.0. The van der Waals surface area contributed by atoms with Gasteiger partial charge in [-0.1, -0.05) is 39.8 Å². The van der Waals surface area contributed by atoms with Crippen LogP contribution >= 0.6 is 0 Å². The molecule has 0 atom stereocenters. The first-order valence-corrected chi connectivity index (χ1v) is 7.55. The summed E-state index contributed by atoms with van der Waals surface area (Å²) >= 11 is 0. The van der Waals surface area contributed by atoms with Crippen LogP contribution in [0.25, 0.3) is 11.0 Å². The number of hydrogen-bond donors (Lipinski definition) is 2. The van der Waals surface area contributed by atoms with E-state index in [1.54, 1.807) is 0 Å². The van der Waals surface area contributed by atoms with Gasteiger partial charge >= 0.3 is 0 Å². The second-order valence-corrected chi connectivity index (χ2v) is 7.12. The number of nitrogens with one attached hydrogen (secondary N) is 2. The number of aromatic nitrogens is 2. The zero-order valence-corrected chi connectivity index (χ0v) is 13.2. The molecule has 1 aromatic heterocycles. The van der Waals surface area contributed by atoms with Crippen LogP contribution < -0.4 is 5.32 Å². The SMILES string of the molecule is CC1(C)C(C(=O)NCCc2nc3ccccc3[nH]2)C1(C)C. The minimum Gasteiger partial charge on any atom is -0.355 e. The molecule has 2 aromatic rings. The molecule has 112 valence electrons. The average Bonchev–Trinajstić information content (AvgIpc) is 2.73. The number of carbonyl (C=O) groups is 1. The second kappa shape index (κ2) is 4.58. The molecule has 1 amide bonds. The molecule has 0 radical (unpaired) electrons. The van der Waals surface area contributed by atoms with Crippen LogP contribution in [0.2, 0.25) is 0 Å². The Hall–Kier alpha value is -1.84. The van der Waals surface area contributed by atoms with E-state index in [-0.39, 0.29) is 22.7 Å². The van der Waals surface area contributed by atoms with Crippen molar-refractivity contribution in [3.8, 4) is 0 Å². The number of hydrogen-bond acceptors (Lipinski definition) is 2. The molecule has 1 aliphatic carbocycles. The Morgan fingerprint density at radius 2 is 1.90 bits per heavy atom. The number of para-hydroxylation sites is 2. The monoisotopic (exact) mass is 285 g/mol. The Labute approximate surface area is 125 Å². The van der Waals surface area contributed by atoms with Crippen LogP contribution in [0, 0.1) is 16.7 Å². The van der Waals surface area contributed by atoms with Crippen molar-refractivity contribution < 1.29 is 4.79 Å². The highest BCUT2D eigenvalue weighted by Gasteiger charge is 2.68. The lowest BCUT2D eigenvalue weighted by molar-refractivity contribution is -0.123. The van der Waals surface area contributed by atoms with Gasteiger partial charge in [0.25, 0.3) is 0 Å². The molecule has 21 heavy (non-hydrogen) atoms. The largest absolute Gasteiger partial charge is 0.355 e. The molecule has 1 fully saturated rings. The topological polar surface area (TPSA) is 57.8 Å². The number of fused-ring (bicyclic) bond motifs is 1. The molecule has 0 unspecified atom stereocenters. The highest BCUT2D eigenvalue weighted by molar-refractivity contribution is 5.84. The fraction of sp³-hybridized carbons (Fsp3) is 0.529. The van der Waals surface area contributed by atoms with Crippen molar-refractivity contribution in [2.45, 2.75) is 34.1 Å². The number of benzene rings is 1. The summed E-state index contributed by atoms with van der Waals surface area (Å²) in [6.45, 7) is 9.28. The van der Waals surface area contributed by atoms with E-state index in [1.165, 1.54) is 0 Å². The number of carbonyl (C=O) groups excluding carboxylic acids is 1. The number of aromatic amines is 1. The number of H-pyrrole nitrogens is 1. The van der Waals surface area contributed by atoms with Gasteiger partial charge in [0.1, 0.15) is 5.82 Å². The normalized spacial score (nSPS) is 19.6. The summed E-state index contributed by atoms with van der Waals surface area (Å²) in [6.07, 6.45) is 0.730. The number of imidazole rings is 1. The third-order valence-corrected chi connectivity index (χ3v) is 5.38. The van der Waals surface area contributed by atoms with Gasteiger partial charge < -0.3 is 10.3 Å². The smallest absolute Gasteiger partial charge is 0.224 e. The number of nitrogens with zero attached hydrogens (tertiary/aromatic N) is 1. The van der Waals surface area contributed by atoms with Gasteiger partial charge in [0.05, 0.1) is 11.0 Å². The van der Waals surface area contributed by atoms with Crippen molar-refractivity contribution >= 4 is 16.9 Å². The summed E-state index contributed by atoms with van der Waals surface area (Å²) in [4.78, 5) is 20.1. The Kier molecular flexibility index (Phi) is 3.08. The van der Waals surface area contributed by atoms with Crippen LogP contribution in [-0.2, 0) is 11.2 Å². The predicted octanol–water partition coefficient (Wildman–Crippen LogP) is 2.90. The van der Waals surface area contributed by atoms with E-state index in [1.807, 2.05) is 24.3 Å². The first-order chi connectivity index (χ1) is 9.84. The number of rotatable bonds is 4. The fourth-order valence-corrected chi connectivity index (χ4v) is 3.38. The van der Waals surface area contributed by atoms with Crippen LogP contribution in [0.1, 0.15) is 33.5 Å². The van der Waals surface area contributed by atoms with E-state index in [2.05, 4.69) is 43.0 Å². The Morgan fingerprint density at radius 3 is 2.52 bits per heavy atom. The lowest BCUT2D eigenvalue weighted by Crippen LogP contribution is -2.29. The summed E-state index contributed by atoms with van der Waals surface area (Å²) in [5, 5.41) is 3.05. The summed E-state index contributed by atoms with van der Waals surface area (Å²) in [5.74, 6) is 1.20. The third-order valence-electron chi connectivity index (χ3n) is 5.38. The van der Waals surface area contributed by atoms with Gasteiger partial charge in [-0.3, -0.25) is 4.79 Å². The molecule has 1 aliphatic rings. The molecule has 1 aromatic carbocycles. The maximum atomic E-state index is 12.3. The average molecular weight is 285 g/mol. The summed E-state index contributed by atoms with van der Waals surface area (Å²) in [5.41, 5.74) is 2.21. The molecule has 0 spiro atoms. The fourth-order valence-electron chi connectivity index (χ4n) is 3.38. The maximum Gasteiger partial charge on any atom is 0.224 e. The van der Waals surface area contributed by atoms with Crippen molar-refractivity contribution in [3.63, 3.8) is 0 Å². The van der Waals surface area contributed by atoms with E-state index in [0.717, 1.165) is 23.3 Å². The van der Waals surface area contributed by atoms with Crippen molar-refractivity contribution in [2.75, 3.05) is 6.54 Å². The van der Waals surface area contributed by atoms with Gasteiger partial charge in [0.15, 0.2) is 0 Å². The molecule has 3 rings (SSSR count). The van der Waals surface area contributed by atoms with Gasteiger partial charge in [0, 0.05) is 18.9 Å². The van der Waals surface area contributed by atoms with Gasteiger partial charge in [-0.2, -0.15) is 0 Å². The Morgan fingerprint density at radius 1 is 1.24 bits per heavy atom. The molecule has 0 saturated heterocycles. The molecule has 1 heterocycles. The minimum atomic E-state index is 0.0937. The zero-order chi connectivity index (χ0) is 15.3. The van der Waals surface area contributed by atoms with E-state index in [0.29, 0.717) is 6.54 Å². The first-order valence-electron chi connectivity index (χ1n) is 7.55. The lowest BCUT2D eigenvalue weighted by Gasteiger charge is -2.05.